The third-order valence-electron chi connectivity index (χ3n) is 1.81. The van der Waals surface area contributed by atoms with Gasteiger partial charge in [0.1, 0.15) is 5.69 Å². The van der Waals surface area contributed by atoms with E-state index in [9.17, 15) is 23.7 Å². The van der Waals surface area contributed by atoms with E-state index in [0.29, 0.717) is 6.07 Å². The molecule has 1 heterocycles. The summed E-state index contributed by atoms with van der Waals surface area (Å²) in [7, 11) is 0. The van der Waals surface area contributed by atoms with Gasteiger partial charge in [-0.3, -0.25) is 14.9 Å². The van der Waals surface area contributed by atoms with Crippen molar-refractivity contribution >= 4 is 23.3 Å². The van der Waals surface area contributed by atoms with E-state index in [2.05, 4.69) is 4.98 Å². The van der Waals surface area contributed by atoms with Crippen molar-refractivity contribution in [1.82, 2.24) is 4.98 Å². The maximum Gasteiger partial charge on any atom is 0.307 e. The Morgan fingerprint density at radius 2 is 2.24 bits per heavy atom. The predicted octanol–water partition coefficient (Wildman–Crippen LogP) is 2.21. The van der Waals surface area contributed by atoms with Gasteiger partial charge in [0.15, 0.2) is 0 Å². The van der Waals surface area contributed by atoms with Gasteiger partial charge in [-0.05, 0) is 5.56 Å². The molecule has 0 aliphatic rings. The average molecular weight is 267 g/mol. The van der Waals surface area contributed by atoms with Crippen LogP contribution in [0, 0.1) is 10.1 Å². The van der Waals surface area contributed by atoms with E-state index in [-0.39, 0.29) is 0 Å². The maximum absolute atomic E-state index is 12.5. The van der Waals surface area contributed by atoms with Crippen LogP contribution in [0.25, 0.3) is 0 Å². The molecule has 1 aromatic heterocycles. The summed E-state index contributed by atoms with van der Waals surface area (Å²) >= 11 is 5.34. The van der Waals surface area contributed by atoms with E-state index in [1.807, 2.05) is 0 Å². The van der Waals surface area contributed by atoms with Crippen LogP contribution in [0.2, 0.25) is 5.15 Å². The lowest BCUT2D eigenvalue weighted by Crippen LogP contribution is -2.07. The van der Waals surface area contributed by atoms with Crippen molar-refractivity contribution in [3.63, 3.8) is 0 Å². The lowest BCUT2D eigenvalue weighted by Gasteiger charge is -2.06. The fraction of sp³-hybridized carbons (Fsp3) is 0.250. The summed E-state index contributed by atoms with van der Waals surface area (Å²) in [5, 5.41) is 18.3. The number of carboxylic acids is 1. The van der Waals surface area contributed by atoms with Crippen LogP contribution in [0.1, 0.15) is 17.7 Å². The van der Waals surface area contributed by atoms with E-state index in [0.717, 1.165) is 0 Å². The standard InChI is InChI=1S/C8H5ClF2N2O4/c9-7-4(13(16)17)1-3(2-5(14)15)6(12-7)8(10)11/h1,8H,2H2,(H,14,15). The van der Waals surface area contributed by atoms with E-state index < -0.39 is 45.8 Å². The number of rotatable bonds is 4. The lowest BCUT2D eigenvalue weighted by atomic mass is 10.1. The molecule has 1 aromatic rings. The fourth-order valence-electron chi connectivity index (χ4n) is 1.15. The average Bonchev–Trinajstić information content (AvgIpc) is 2.18. The van der Waals surface area contributed by atoms with Crippen molar-refractivity contribution in [1.29, 1.82) is 0 Å². The Morgan fingerprint density at radius 1 is 1.65 bits per heavy atom. The first-order valence-electron chi connectivity index (χ1n) is 4.16. The van der Waals surface area contributed by atoms with Gasteiger partial charge in [-0.2, -0.15) is 0 Å². The monoisotopic (exact) mass is 266 g/mol. The first-order valence-corrected chi connectivity index (χ1v) is 4.54. The van der Waals surface area contributed by atoms with Crippen LogP contribution < -0.4 is 0 Å². The summed E-state index contributed by atoms with van der Waals surface area (Å²) in [5.41, 5.74) is -1.99. The molecule has 9 heteroatoms. The van der Waals surface area contributed by atoms with Gasteiger partial charge < -0.3 is 5.11 Å². The summed E-state index contributed by atoms with van der Waals surface area (Å²) in [6.07, 6.45) is -3.84. The number of nitrogens with zero attached hydrogens (tertiary/aromatic N) is 2. The number of aliphatic carboxylic acids is 1. The Kier molecular flexibility index (Phi) is 3.89. The number of aromatic nitrogens is 1. The molecule has 0 bridgehead atoms. The molecule has 0 saturated carbocycles. The number of alkyl halides is 2. The van der Waals surface area contributed by atoms with Crippen LogP contribution in [0.15, 0.2) is 6.07 Å². The predicted molar refractivity (Wildman–Crippen MR) is 52.2 cm³/mol. The zero-order chi connectivity index (χ0) is 13.2. The molecular weight excluding hydrogens is 262 g/mol. The number of carbonyl (C=O) groups is 1. The SMILES string of the molecule is O=C(O)Cc1cc([N+](=O)[O-])c(Cl)nc1C(F)F. The molecule has 0 aliphatic heterocycles. The van der Waals surface area contributed by atoms with Crippen molar-refractivity contribution in [3.8, 4) is 0 Å². The van der Waals surface area contributed by atoms with Gasteiger partial charge >= 0.3 is 11.7 Å². The number of hydrogen-bond acceptors (Lipinski definition) is 4. The number of nitro groups is 1. The molecule has 0 aromatic carbocycles. The smallest absolute Gasteiger partial charge is 0.307 e. The Balaban J connectivity index is 3.36. The molecular formula is C8H5ClF2N2O4. The Bertz CT molecular complexity index is 481. The second-order valence-electron chi connectivity index (χ2n) is 2.97. The Morgan fingerprint density at radius 3 is 2.65 bits per heavy atom. The van der Waals surface area contributed by atoms with Crippen LogP contribution in [0.5, 0.6) is 0 Å². The minimum atomic E-state index is -3.05. The van der Waals surface area contributed by atoms with Gasteiger partial charge in [0.2, 0.25) is 5.15 Å². The zero-order valence-electron chi connectivity index (χ0n) is 8.06. The molecule has 0 unspecified atom stereocenters. The molecule has 17 heavy (non-hydrogen) atoms. The third kappa shape index (κ3) is 3.06. The number of pyridine rings is 1. The van der Waals surface area contributed by atoms with E-state index in [1.54, 1.807) is 0 Å². The first kappa shape index (κ1) is 13.2. The quantitative estimate of drug-likeness (QED) is 0.512. The summed E-state index contributed by atoms with van der Waals surface area (Å²) in [4.78, 5) is 23.2. The maximum atomic E-state index is 12.5. The zero-order valence-corrected chi connectivity index (χ0v) is 8.82. The molecule has 92 valence electrons. The normalized spacial score (nSPS) is 10.6. The van der Waals surface area contributed by atoms with Gasteiger partial charge in [-0.1, -0.05) is 11.6 Å². The van der Waals surface area contributed by atoms with Crippen LogP contribution in [-0.2, 0) is 11.2 Å². The second-order valence-corrected chi connectivity index (χ2v) is 3.33. The summed E-state index contributed by atoms with van der Waals surface area (Å²) < 4.78 is 25.0. The second kappa shape index (κ2) is 5.00. The van der Waals surface area contributed by atoms with Crippen molar-refractivity contribution in [2.24, 2.45) is 0 Å². The number of carboxylic acid groups (broad SMARTS) is 1. The van der Waals surface area contributed by atoms with Gasteiger partial charge in [0, 0.05) is 6.07 Å². The number of halogens is 3. The van der Waals surface area contributed by atoms with Crippen molar-refractivity contribution < 1.29 is 23.6 Å². The molecule has 0 fully saturated rings. The fourth-order valence-corrected chi connectivity index (χ4v) is 1.37. The highest BCUT2D eigenvalue weighted by Crippen LogP contribution is 2.30. The van der Waals surface area contributed by atoms with Crippen LogP contribution >= 0.6 is 11.6 Å². The number of hydrogen-bond donors (Lipinski definition) is 1. The Labute approximate surface area is 98.0 Å². The van der Waals surface area contributed by atoms with Crippen LogP contribution in [0.4, 0.5) is 14.5 Å². The molecule has 0 spiro atoms. The minimum absolute atomic E-state index is 0.427. The highest BCUT2D eigenvalue weighted by molar-refractivity contribution is 6.31. The van der Waals surface area contributed by atoms with E-state index in [1.165, 1.54) is 0 Å². The third-order valence-corrected chi connectivity index (χ3v) is 2.09. The highest BCUT2D eigenvalue weighted by Gasteiger charge is 2.24. The van der Waals surface area contributed by atoms with Crippen molar-refractivity contribution in [2.45, 2.75) is 12.8 Å². The van der Waals surface area contributed by atoms with Crippen molar-refractivity contribution in [3.05, 3.63) is 32.6 Å². The first-order chi connectivity index (χ1) is 7.82. The Hall–Kier alpha value is -1.83. The molecule has 0 radical (unpaired) electrons. The highest BCUT2D eigenvalue weighted by atomic mass is 35.5. The summed E-state index contributed by atoms with van der Waals surface area (Å²) in [6, 6.07) is 0.699. The van der Waals surface area contributed by atoms with Gasteiger partial charge in [-0.25, -0.2) is 13.8 Å². The molecule has 1 N–H and O–H groups in total. The van der Waals surface area contributed by atoms with E-state index in [4.69, 9.17) is 16.7 Å². The van der Waals surface area contributed by atoms with Gasteiger partial charge in [0.25, 0.3) is 6.43 Å². The van der Waals surface area contributed by atoms with Gasteiger partial charge in [0.05, 0.1) is 11.3 Å². The summed E-state index contributed by atoms with van der Waals surface area (Å²) in [5.74, 6) is -1.40. The molecule has 0 atom stereocenters. The minimum Gasteiger partial charge on any atom is -0.481 e. The van der Waals surface area contributed by atoms with E-state index >= 15 is 0 Å². The van der Waals surface area contributed by atoms with Crippen LogP contribution in [-0.4, -0.2) is 21.0 Å². The largest absolute Gasteiger partial charge is 0.481 e. The molecule has 6 nitrogen and oxygen atoms in total. The lowest BCUT2D eigenvalue weighted by molar-refractivity contribution is -0.385. The topological polar surface area (TPSA) is 93.3 Å². The molecule has 1 rings (SSSR count). The molecule has 0 amide bonds. The summed E-state index contributed by atoms with van der Waals surface area (Å²) in [6.45, 7) is 0. The molecule has 0 saturated heterocycles. The van der Waals surface area contributed by atoms with Gasteiger partial charge in [-0.15, -0.1) is 0 Å². The molecule has 0 aliphatic carbocycles. The van der Waals surface area contributed by atoms with Crippen LogP contribution in [0.3, 0.4) is 0 Å². The van der Waals surface area contributed by atoms with Crippen molar-refractivity contribution in [2.75, 3.05) is 0 Å².